The smallest absolute Gasteiger partial charge is 0.251 e. The highest BCUT2D eigenvalue weighted by molar-refractivity contribution is 5.95. The van der Waals surface area contributed by atoms with Gasteiger partial charge in [-0.05, 0) is 37.1 Å². The molecule has 0 bridgehead atoms. The van der Waals surface area contributed by atoms with Crippen LogP contribution in [0.1, 0.15) is 29.3 Å². The molecule has 2 rings (SSSR count). The van der Waals surface area contributed by atoms with Gasteiger partial charge in [0.05, 0.1) is 6.20 Å². The third kappa shape index (κ3) is 4.76. The van der Waals surface area contributed by atoms with Crippen LogP contribution in [-0.2, 0) is 11.2 Å². The summed E-state index contributed by atoms with van der Waals surface area (Å²) in [5, 5.41) is 9.12. The van der Waals surface area contributed by atoms with Crippen molar-refractivity contribution in [3.8, 4) is 0 Å². The molecular weight excluding hydrogens is 270 g/mol. The maximum absolute atomic E-state index is 11.9. The maximum Gasteiger partial charge on any atom is 0.251 e. The van der Waals surface area contributed by atoms with Crippen LogP contribution in [0, 0.1) is 0 Å². The summed E-state index contributed by atoms with van der Waals surface area (Å²) in [6.07, 6.45) is 4.90. The van der Waals surface area contributed by atoms with Gasteiger partial charge >= 0.3 is 0 Å². The molecule has 110 valence electrons. The van der Waals surface area contributed by atoms with E-state index in [1.807, 2.05) is 0 Å². The van der Waals surface area contributed by atoms with Crippen LogP contribution in [0.5, 0.6) is 0 Å². The number of anilines is 1. The molecule has 2 N–H and O–H groups in total. The van der Waals surface area contributed by atoms with Gasteiger partial charge in [0.15, 0.2) is 0 Å². The Morgan fingerprint density at radius 2 is 2.00 bits per heavy atom. The normalized spacial score (nSPS) is 10.1. The number of nitrogens with zero attached hydrogens (tertiary/aromatic N) is 1. The number of benzene rings is 1. The van der Waals surface area contributed by atoms with Crippen LogP contribution >= 0.6 is 0 Å². The molecule has 21 heavy (non-hydrogen) atoms. The van der Waals surface area contributed by atoms with Crippen LogP contribution in [0.2, 0.25) is 0 Å². The van der Waals surface area contributed by atoms with Gasteiger partial charge in [-0.25, -0.2) is 0 Å². The molecule has 0 atom stereocenters. The van der Waals surface area contributed by atoms with Gasteiger partial charge in [-0.3, -0.25) is 9.59 Å². The molecule has 0 radical (unpaired) electrons. The minimum absolute atomic E-state index is 0.130. The van der Waals surface area contributed by atoms with Crippen LogP contribution in [0.3, 0.4) is 0 Å². The molecular formula is C15H17N3O3. The summed E-state index contributed by atoms with van der Waals surface area (Å²) in [7, 11) is 0. The van der Waals surface area contributed by atoms with E-state index in [0.29, 0.717) is 17.8 Å². The number of aryl methyl sites for hydroxylation is 1. The van der Waals surface area contributed by atoms with Crippen molar-refractivity contribution in [2.75, 3.05) is 11.9 Å². The van der Waals surface area contributed by atoms with Crippen molar-refractivity contribution in [2.45, 2.75) is 19.8 Å². The molecule has 2 amide bonds. The zero-order chi connectivity index (χ0) is 15.1. The van der Waals surface area contributed by atoms with E-state index in [4.69, 9.17) is 4.52 Å². The van der Waals surface area contributed by atoms with Gasteiger partial charge in [0.25, 0.3) is 5.91 Å². The molecule has 0 fully saturated rings. The van der Waals surface area contributed by atoms with E-state index >= 15 is 0 Å². The Kier molecular flexibility index (Phi) is 5.09. The van der Waals surface area contributed by atoms with Crippen LogP contribution < -0.4 is 10.6 Å². The lowest BCUT2D eigenvalue weighted by Gasteiger charge is -2.06. The highest BCUT2D eigenvalue weighted by Crippen LogP contribution is 2.09. The van der Waals surface area contributed by atoms with E-state index in [-0.39, 0.29) is 11.8 Å². The van der Waals surface area contributed by atoms with Gasteiger partial charge in [0, 0.05) is 30.3 Å². The van der Waals surface area contributed by atoms with Crippen LogP contribution in [0.25, 0.3) is 0 Å². The maximum atomic E-state index is 11.9. The van der Waals surface area contributed by atoms with Crippen LogP contribution in [-0.4, -0.2) is 23.5 Å². The second-order valence-corrected chi connectivity index (χ2v) is 4.65. The molecule has 0 aliphatic carbocycles. The second-order valence-electron chi connectivity index (χ2n) is 4.65. The van der Waals surface area contributed by atoms with E-state index in [2.05, 4.69) is 15.8 Å². The zero-order valence-electron chi connectivity index (χ0n) is 11.8. The molecule has 0 aliphatic heterocycles. The van der Waals surface area contributed by atoms with Gasteiger partial charge in [-0.1, -0.05) is 5.16 Å². The predicted octanol–water partition coefficient (Wildman–Crippen LogP) is 2.00. The second kappa shape index (κ2) is 7.23. The van der Waals surface area contributed by atoms with Gasteiger partial charge in [-0.2, -0.15) is 0 Å². The Balaban J connectivity index is 1.76. The molecule has 6 heteroatoms. The third-order valence-electron chi connectivity index (χ3n) is 2.88. The lowest BCUT2D eigenvalue weighted by atomic mass is 10.1. The highest BCUT2D eigenvalue weighted by atomic mass is 16.5. The first-order valence-electron chi connectivity index (χ1n) is 6.69. The Morgan fingerprint density at radius 1 is 1.24 bits per heavy atom. The van der Waals surface area contributed by atoms with E-state index < -0.39 is 0 Å². The minimum atomic E-state index is -0.138. The van der Waals surface area contributed by atoms with Crippen molar-refractivity contribution >= 4 is 17.5 Å². The summed E-state index contributed by atoms with van der Waals surface area (Å²) >= 11 is 0. The minimum Gasteiger partial charge on any atom is -0.364 e. The predicted molar refractivity (Wildman–Crippen MR) is 77.9 cm³/mol. The zero-order valence-corrected chi connectivity index (χ0v) is 11.8. The van der Waals surface area contributed by atoms with E-state index in [1.165, 1.54) is 6.92 Å². The molecule has 1 heterocycles. The summed E-state index contributed by atoms with van der Waals surface area (Å²) in [4.78, 5) is 22.8. The summed E-state index contributed by atoms with van der Waals surface area (Å²) < 4.78 is 4.73. The molecule has 0 spiro atoms. The molecule has 2 aromatic rings. The number of rotatable bonds is 6. The molecule has 0 saturated heterocycles. The third-order valence-corrected chi connectivity index (χ3v) is 2.88. The van der Waals surface area contributed by atoms with Crippen LogP contribution in [0.4, 0.5) is 5.69 Å². The van der Waals surface area contributed by atoms with E-state index in [0.717, 1.165) is 18.4 Å². The topological polar surface area (TPSA) is 84.2 Å². The number of carbonyl (C=O) groups is 2. The Morgan fingerprint density at radius 3 is 2.62 bits per heavy atom. The number of carbonyl (C=O) groups excluding carboxylic acids is 2. The Bertz CT molecular complexity index is 591. The van der Waals surface area contributed by atoms with Crippen LogP contribution in [0.15, 0.2) is 41.2 Å². The number of aromatic nitrogens is 1. The van der Waals surface area contributed by atoms with E-state index in [1.54, 1.807) is 36.7 Å². The van der Waals surface area contributed by atoms with Crippen molar-refractivity contribution in [1.82, 2.24) is 10.5 Å². The highest BCUT2D eigenvalue weighted by Gasteiger charge is 2.05. The van der Waals surface area contributed by atoms with Gasteiger partial charge in [0.2, 0.25) is 5.91 Å². The van der Waals surface area contributed by atoms with E-state index in [9.17, 15) is 9.59 Å². The quantitative estimate of drug-likeness (QED) is 0.796. The molecule has 1 aromatic carbocycles. The summed E-state index contributed by atoms with van der Waals surface area (Å²) in [5.74, 6) is -0.268. The standard InChI is InChI=1S/C15H17N3O3/c1-11(19)18-14-6-4-13(5-7-14)15(20)16-8-2-3-12-9-17-21-10-12/h4-7,9-10H,2-3,8H2,1H3,(H,16,20)(H,18,19). The monoisotopic (exact) mass is 287 g/mol. The summed E-state index contributed by atoms with van der Waals surface area (Å²) in [5.41, 5.74) is 2.25. The van der Waals surface area contributed by atoms with Crippen molar-refractivity contribution < 1.29 is 14.1 Å². The number of amides is 2. The first-order chi connectivity index (χ1) is 10.1. The number of hydrogen-bond donors (Lipinski definition) is 2. The van der Waals surface area contributed by atoms with Crippen molar-refractivity contribution in [1.29, 1.82) is 0 Å². The molecule has 6 nitrogen and oxygen atoms in total. The molecule has 0 saturated carbocycles. The average Bonchev–Trinajstić information content (AvgIpc) is 2.97. The van der Waals surface area contributed by atoms with Gasteiger partial charge in [-0.15, -0.1) is 0 Å². The fourth-order valence-electron chi connectivity index (χ4n) is 1.85. The molecule has 1 aromatic heterocycles. The molecule has 0 unspecified atom stereocenters. The molecule has 0 aliphatic rings. The van der Waals surface area contributed by atoms with Gasteiger partial charge in [0.1, 0.15) is 6.26 Å². The number of hydrogen-bond acceptors (Lipinski definition) is 4. The SMILES string of the molecule is CC(=O)Nc1ccc(C(=O)NCCCc2cnoc2)cc1. The summed E-state index contributed by atoms with van der Waals surface area (Å²) in [6.45, 7) is 2.02. The first-order valence-corrected chi connectivity index (χ1v) is 6.69. The lowest BCUT2D eigenvalue weighted by molar-refractivity contribution is -0.114. The summed E-state index contributed by atoms with van der Waals surface area (Å²) in [6, 6.07) is 6.77. The fourth-order valence-corrected chi connectivity index (χ4v) is 1.85. The van der Waals surface area contributed by atoms with Crippen molar-refractivity contribution in [2.24, 2.45) is 0 Å². The van der Waals surface area contributed by atoms with Crippen molar-refractivity contribution in [3.05, 3.63) is 47.9 Å². The Labute approximate surface area is 122 Å². The Hall–Kier alpha value is -2.63. The number of nitrogens with one attached hydrogen (secondary N) is 2. The largest absolute Gasteiger partial charge is 0.364 e. The first kappa shape index (κ1) is 14.8. The lowest BCUT2D eigenvalue weighted by Crippen LogP contribution is -2.24. The van der Waals surface area contributed by atoms with Crippen molar-refractivity contribution in [3.63, 3.8) is 0 Å². The van der Waals surface area contributed by atoms with Gasteiger partial charge < -0.3 is 15.2 Å². The average molecular weight is 287 g/mol. The fraction of sp³-hybridized carbons (Fsp3) is 0.267.